The van der Waals surface area contributed by atoms with Crippen LogP contribution >= 0.6 is 0 Å². The van der Waals surface area contributed by atoms with E-state index in [2.05, 4.69) is 0 Å². The first-order chi connectivity index (χ1) is 10.6. The molecular weight excluding hydrogens is 316 g/mol. The molecule has 0 saturated heterocycles. The Kier molecular flexibility index (Phi) is 6.01. The molecule has 0 heterocycles. The summed E-state index contributed by atoms with van der Waals surface area (Å²) in [5.41, 5.74) is -0.512. The van der Waals surface area contributed by atoms with Crippen LogP contribution in [0.15, 0.2) is 12.1 Å². The van der Waals surface area contributed by atoms with Crippen molar-refractivity contribution in [3.05, 3.63) is 17.7 Å². The lowest BCUT2D eigenvalue weighted by molar-refractivity contribution is -0.140. The van der Waals surface area contributed by atoms with Crippen LogP contribution in [0.1, 0.15) is 10.4 Å². The van der Waals surface area contributed by atoms with Gasteiger partial charge in [-0.25, -0.2) is 0 Å². The van der Waals surface area contributed by atoms with Crippen molar-refractivity contribution < 1.29 is 50.4 Å². The van der Waals surface area contributed by atoms with Crippen LogP contribution in [0.25, 0.3) is 0 Å². The number of hydrogen-bond donors (Lipinski definition) is 8. The monoisotopic (exact) mass is 332 g/mol. The lowest BCUT2D eigenvalue weighted by atomic mass is 9.94. The van der Waals surface area contributed by atoms with E-state index in [0.717, 1.165) is 0 Å². The first-order valence-electron chi connectivity index (χ1n) is 6.26. The molecule has 0 amide bonds. The van der Waals surface area contributed by atoms with Crippen molar-refractivity contribution in [2.45, 2.75) is 30.5 Å². The number of phenolic OH excluding ortho intramolecular Hbond substituents is 3. The van der Waals surface area contributed by atoms with Crippen molar-refractivity contribution in [2.24, 2.45) is 0 Å². The fourth-order valence-electron chi connectivity index (χ4n) is 1.74. The van der Waals surface area contributed by atoms with E-state index in [9.17, 15) is 40.2 Å². The first kappa shape index (κ1) is 18.8. The summed E-state index contributed by atoms with van der Waals surface area (Å²) in [6.45, 7) is 0. The zero-order valence-corrected chi connectivity index (χ0v) is 11.5. The highest BCUT2D eigenvalue weighted by Gasteiger charge is 2.37. The minimum Gasteiger partial charge on any atom is -0.504 e. The van der Waals surface area contributed by atoms with E-state index in [1.807, 2.05) is 0 Å². The summed E-state index contributed by atoms with van der Waals surface area (Å²) in [7, 11) is 0. The fourth-order valence-corrected chi connectivity index (χ4v) is 1.74. The van der Waals surface area contributed by atoms with E-state index in [-0.39, 0.29) is 6.29 Å². The average Bonchev–Trinajstić information content (AvgIpc) is 2.54. The molecule has 5 atom stereocenters. The highest BCUT2D eigenvalue weighted by atomic mass is 16.4. The summed E-state index contributed by atoms with van der Waals surface area (Å²) in [5, 5.41) is 75.0. The van der Waals surface area contributed by atoms with Crippen LogP contribution in [0.3, 0.4) is 0 Å². The number of hydrogen-bond acceptors (Lipinski definition) is 10. The zero-order chi connectivity index (χ0) is 17.9. The SMILES string of the molecule is O=C[C@H](O)[C@@H](O)[C@H](O)[C@H](O)C(O)C(=O)c1cc(O)c(O)c(O)c1. The number of carbonyl (C=O) groups excluding carboxylic acids is 2. The van der Waals surface area contributed by atoms with Gasteiger partial charge in [0, 0.05) is 5.56 Å². The third-order valence-corrected chi connectivity index (χ3v) is 3.14. The molecule has 1 unspecified atom stereocenters. The predicted octanol–water partition coefficient (Wildman–Crippen LogP) is -3.01. The smallest absolute Gasteiger partial charge is 0.200 e. The molecule has 10 nitrogen and oxygen atoms in total. The van der Waals surface area contributed by atoms with Crippen molar-refractivity contribution >= 4 is 12.1 Å². The molecule has 0 radical (unpaired) electrons. The van der Waals surface area contributed by atoms with Crippen molar-refractivity contribution in [3.8, 4) is 17.2 Å². The number of phenols is 3. The fraction of sp³-hybridized carbons (Fsp3) is 0.385. The average molecular weight is 332 g/mol. The van der Waals surface area contributed by atoms with Gasteiger partial charge in [-0.1, -0.05) is 0 Å². The Labute approximate surface area is 129 Å². The van der Waals surface area contributed by atoms with E-state index in [4.69, 9.17) is 10.2 Å². The zero-order valence-electron chi connectivity index (χ0n) is 11.5. The van der Waals surface area contributed by atoms with Gasteiger partial charge < -0.3 is 45.6 Å². The third-order valence-electron chi connectivity index (χ3n) is 3.14. The minimum atomic E-state index is -2.32. The summed E-state index contributed by atoms with van der Waals surface area (Å²) in [5.74, 6) is -3.91. The maximum atomic E-state index is 11.9. The largest absolute Gasteiger partial charge is 0.504 e. The number of aromatic hydroxyl groups is 3. The van der Waals surface area contributed by atoms with Crippen LogP contribution in [0, 0.1) is 0 Å². The van der Waals surface area contributed by atoms with Crippen LogP contribution in [0.4, 0.5) is 0 Å². The van der Waals surface area contributed by atoms with Gasteiger partial charge in [0.2, 0.25) is 0 Å². The molecule has 10 heteroatoms. The number of benzene rings is 1. The summed E-state index contributed by atoms with van der Waals surface area (Å²) >= 11 is 0. The molecular formula is C13H16O10. The quantitative estimate of drug-likeness (QED) is 0.145. The van der Waals surface area contributed by atoms with Crippen molar-refractivity contribution in [1.82, 2.24) is 0 Å². The molecule has 0 aromatic heterocycles. The topological polar surface area (TPSA) is 196 Å². The molecule has 0 bridgehead atoms. The first-order valence-corrected chi connectivity index (χ1v) is 6.26. The molecule has 0 aliphatic rings. The van der Waals surface area contributed by atoms with E-state index >= 15 is 0 Å². The Morgan fingerprint density at radius 3 is 1.78 bits per heavy atom. The number of aliphatic hydroxyl groups excluding tert-OH is 5. The summed E-state index contributed by atoms with van der Waals surface area (Å²) in [4.78, 5) is 22.2. The highest BCUT2D eigenvalue weighted by molar-refractivity contribution is 6.00. The van der Waals surface area contributed by atoms with Gasteiger partial charge in [-0.05, 0) is 12.1 Å². The normalized spacial score (nSPS) is 17.8. The van der Waals surface area contributed by atoms with Crippen molar-refractivity contribution in [1.29, 1.82) is 0 Å². The standard InChI is InChI=1S/C13H16O10/c14-3-7(17)10(20)12(22)13(23)11(21)8(18)4-1-5(15)9(19)6(16)2-4/h1-3,7,10-13,15-17,19-23H/t7-,10+,11?,12-,13+/m0/s1. The highest BCUT2D eigenvalue weighted by Crippen LogP contribution is 2.35. The van der Waals surface area contributed by atoms with Gasteiger partial charge in [-0.15, -0.1) is 0 Å². The number of aliphatic hydroxyl groups is 5. The molecule has 128 valence electrons. The van der Waals surface area contributed by atoms with Gasteiger partial charge in [0.05, 0.1) is 0 Å². The van der Waals surface area contributed by atoms with E-state index < -0.39 is 59.1 Å². The number of carbonyl (C=O) groups is 2. The molecule has 0 fully saturated rings. The lowest BCUT2D eigenvalue weighted by Crippen LogP contribution is -2.51. The Morgan fingerprint density at radius 1 is 0.870 bits per heavy atom. The second-order valence-electron chi connectivity index (χ2n) is 4.77. The maximum absolute atomic E-state index is 11.9. The van der Waals surface area contributed by atoms with Gasteiger partial charge in [0.25, 0.3) is 0 Å². The van der Waals surface area contributed by atoms with Crippen molar-refractivity contribution in [2.75, 3.05) is 0 Å². The second-order valence-corrected chi connectivity index (χ2v) is 4.77. The molecule has 0 aliphatic carbocycles. The Hall–Kier alpha value is -2.24. The van der Waals surface area contributed by atoms with Gasteiger partial charge in [0.1, 0.15) is 30.5 Å². The molecule has 1 aromatic rings. The van der Waals surface area contributed by atoms with E-state index in [1.54, 1.807) is 0 Å². The van der Waals surface area contributed by atoms with E-state index in [0.29, 0.717) is 12.1 Å². The van der Waals surface area contributed by atoms with E-state index in [1.165, 1.54) is 0 Å². The Bertz CT molecular complexity index is 563. The maximum Gasteiger partial charge on any atom is 0.200 e. The summed E-state index contributed by atoms with van der Waals surface area (Å²) < 4.78 is 0. The van der Waals surface area contributed by atoms with Gasteiger partial charge in [0.15, 0.2) is 29.3 Å². The van der Waals surface area contributed by atoms with Crippen LogP contribution < -0.4 is 0 Å². The van der Waals surface area contributed by atoms with Gasteiger partial charge in [-0.3, -0.25) is 4.79 Å². The second kappa shape index (κ2) is 7.35. The third kappa shape index (κ3) is 3.94. The summed E-state index contributed by atoms with van der Waals surface area (Å²) in [6, 6.07) is 1.38. The summed E-state index contributed by atoms with van der Waals surface area (Å²) in [6.07, 6.45) is -11.2. The number of aldehydes is 1. The predicted molar refractivity (Wildman–Crippen MR) is 71.9 cm³/mol. The van der Waals surface area contributed by atoms with Crippen LogP contribution in [0.2, 0.25) is 0 Å². The Morgan fingerprint density at radius 2 is 1.35 bits per heavy atom. The molecule has 1 aromatic carbocycles. The van der Waals surface area contributed by atoms with Gasteiger partial charge >= 0.3 is 0 Å². The molecule has 0 saturated carbocycles. The lowest BCUT2D eigenvalue weighted by Gasteiger charge is -2.26. The minimum absolute atomic E-state index is 0.120. The van der Waals surface area contributed by atoms with Crippen LogP contribution in [-0.4, -0.2) is 83.4 Å². The molecule has 23 heavy (non-hydrogen) atoms. The molecule has 0 aliphatic heterocycles. The molecule has 1 rings (SSSR count). The van der Waals surface area contributed by atoms with Crippen LogP contribution in [0.5, 0.6) is 17.2 Å². The van der Waals surface area contributed by atoms with Crippen molar-refractivity contribution in [3.63, 3.8) is 0 Å². The number of rotatable bonds is 7. The molecule has 0 spiro atoms. The number of ketones is 1. The van der Waals surface area contributed by atoms with Gasteiger partial charge in [-0.2, -0.15) is 0 Å². The molecule has 8 N–H and O–H groups in total. The number of Topliss-reactive ketones (excluding diaryl/α,β-unsaturated/α-hetero) is 1. The Balaban J connectivity index is 2.97. The van der Waals surface area contributed by atoms with Crippen LogP contribution in [-0.2, 0) is 4.79 Å².